The van der Waals surface area contributed by atoms with Gasteiger partial charge in [-0.25, -0.2) is 9.97 Å². The van der Waals surface area contributed by atoms with Crippen molar-refractivity contribution in [3.63, 3.8) is 0 Å². The van der Waals surface area contributed by atoms with E-state index in [1.165, 1.54) is 0 Å². The summed E-state index contributed by atoms with van der Waals surface area (Å²) in [5.41, 5.74) is 6.91. The van der Waals surface area contributed by atoms with Gasteiger partial charge in [0.1, 0.15) is 11.6 Å². The van der Waals surface area contributed by atoms with Crippen LogP contribution in [0, 0.1) is 0 Å². The first-order valence-corrected chi connectivity index (χ1v) is 7.11. The Balaban J connectivity index is 2.38. The molecule has 0 aliphatic rings. The van der Waals surface area contributed by atoms with E-state index < -0.39 is 0 Å². The number of aromatic nitrogens is 2. The molecule has 5 nitrogen and oxygen atoms in total. The maximum absolute atomic E-state index is 5.95. The molecule has 1 heterocycles. The second-order valence-electron chi connectivity index (χ2n) is 4.93. The number of hydrogen-bond acceptors (Lipinski definition) is 5. The molecule has 112 valence electrons. The topological polar surface area (TPSA) is 64.3 Å². The van der Waals surface area contributed by atoms with Gasteiger partial charge >= 0.3 is 0 Å². The third-order valence-electron chi connectivity index (χ3n) is 3.34. The number of ether oxygens (including phenoxy) is 1. The van der Waals surface area contributed by atoms with Gasteiger partial charge in [0.05, 0.1) is 12.6 Å². The predicted octanol–water partition coefficient (Wildman–Crippen LogP) is 2.59. The number of rotatable bonds is 6. The van der Waals surface area contributed by atoms with E-state index in [2.05, 4.69) is 28.7 Å². The minimum Gasteiger partial charge on any atom is -0.384 e. The van der Waals surface area contributed by atoms with E-state index in [4.69, 9.17) is 10.5 Å². The van der Waals surface area contributed by atoms with Gasteiger partial charge in [0.15, 0.2) is 5.82 Å². The van der Waals surface area contributed by atoms with Crippen molar-refractivity contribution in [1.29, 1.82) is 0 Å². The van der Waals surface area contributed by atoms with Crippen LogP contribution in [0.2, 0.25) is 0 Å². The van der Waals surface area contributed by atoms with Crippen LogP contribution < -0.4 is 10.6 Å². The van der Waals surface area contributed by atoms with Gasteiger partial charge in [-0.3, -0.25) is 0 Å². The van der Waals surface area contributed by atoms with Crippen molar-refractivity contribution in [2.24, 2.45) is 0 Å². The van der Waals surface area contributed by atoms with E-state index in [0.717, 1.165) is 17.9 Å². The molecule has 0 bridgehead atoms. The Morgan fingerprint density at radius 3 is 2.57 bits per heavy atom. The molecule has 1 unspecified atom stereocenters. The van der Waals surface area contributed by atoms with Gasteiger partial charge < -0.3 is 15.4 Å². The average molecular weight is 286 g/mol. The summed E-state index contributed by atoms with van der Waals surface area (Å²) in [4.78, 5) is 11.2. The zero-order valence-corrected chi connectivity index (χ0v) is 12.8. The predicted molar refractivity (Wildman–Crippen MR) is 86.2 cm³/mol. The summed E-state index contributed by atoms with van der Waals surface area (Å²) in [5, 5.41) is 0. The third-order valence-corrected chi connectivity index (χ3v) is 3.34. The summed E-state index contributed by atoms with van der Waals surface area (Å²) in [5.74, 6) is 1.95. The van der Waals surface area contributed by atoms with Gasteiger partial charge in [-0.1, -0.05) is 30.3 Å². The van der Waals surface area contributed by atoms with Crippen molar-refractivity contribution in [3.8, 4) is 11.4 Å². The molecule has 0 fully saturated rings. The van der Waals surface area contributed by atoms with E-state index in [0.29, 0.717) is 18.2 Å². The molecule has 0 saturated heterocycles. The van der Waals surface area contributed by atoms with Crippen LogP contribution in [0.3, 0.4) is 0 Å². The van der Waals surface area contributed by atoms with Crippen molar-refractivity contribution >= 4 is 11.6 Å². The van der Waals surface area contributed by atoms with E-state index in [-0.39, 0.29) is 6.04 Å². The number of hydrogen-bond donors (Lipinski definition) is 1. The minimum atomic E-state index is 0.220. The molecule has 0 saturated carbocycles. The van der Waals surface area contributed by atoms with Gasteiger partial charge in [-0.2, -0.15) is 0 Å². The standard InChI is InChI=1S/C16H22N4O/c1-4-20(12(2)11-21-3)15-10-14(17)18-16(19-15)13-8-6-5-7-9-13/h5-10,12H,4,11H2,1-3H3,(H2,17,18,19). The van der Waals surface area contributed by atoms with Crippen molar-refractivity contribution in [2.45, 2.75) is 19.9 Å². The Bertz CT molecular complexity index is 574. The molecule has 0 spiro atoms. The van der Waals surface area contributed by atoms with Crippen LogP contribution in [0.15, 0.2) is 36.4 Å². The quantitative estimate of drug-likeness (QED) is 0.884. The highest BCUT2D eigenvalue weighted by molar-refractivity contribution is 5.61. The lowest BCUT2D eigenvalue weighted by molar-refractivity contribution is 0.181. The SMILES string of the molecule is CCN(c1cc(N)nc(-c2ccccc2)n1)C(C)COC. The van der Waals surface area contributed by atoms with Crippen LogP contribution in [0.1, 0.15) is 13.8 Å². The van der Waals surface area contributed by atoms with Crippen LogP contribution in [0.5, 0.6) is 0 Å². The number of anilines is 2. The van der Waals surface area contributed by atoms with E-state index >= 15 is 0 Å². The van der Waals surface area contributed by atoms with Crippen molar-refractivity contribution < 1.29 is 4.74 Å². The first-order valence-electron chi connectivity index (χ1n) is 7.11. The zero-order chi connectivity index (χ0) is 15.2. The maximum atomic E-state index is 5.95. The molecule has 1 atom stereocenters. The molecule has 5 heteroatoms. The number of nitrogen functional groups attached to an aromatic ring is 1. The zero-order valence-electron chi connectivity index (χ0n) is 12.8. The number of benzene rings is 1. The Morgan fingerprint density at radius 1 is 1.24 bits per heavy atom. The number of nitrogens with two attached hydrogens (primary N) is 1. The Kier molecular flexibility index (Phi) is 5.11. The van der Waals surface area contributed by atoms with E-state index in [1.54, 1.807) is 7.11 Å². The van der Waals surface area contributed by atoms with Crippen molar-refractivity contribution in [3.05, 3.63) is 36.4 Å². The Labute approximate surface area is 125 Å². The van der Waals surface area contributed by atoms with Gasteiger partial charge in [0, 0.05) is 25.3 Å². The monoisotopic (exact) mass is 286 g/mol. The van der Waals surface area contributed by atoms with Gasteiger partial charge in [0.2, 0.25) is 0 Å². The largest absolute Gasteiger partial charge is 0.384 e. The molecule has 0 amide bonds. The first kappa shape index (κ1) is 15.3. The van der Waals surface area contributed by atoms with Crippen molar-refractivity contribution in [2.75, 3.05) is 30.9 Å². The fourth-order valence-electron chi connectivity index (χ4n) is 2.35. The highest BCUT2D eigenvalue weighted by Crippen LogP contribution is 2.22. The van der Waals surface area contributed by atoms with Gasteiger partial charge in [-0.15, -0.1) is 0 Å². The highest BCUT2D eigenvalue weighted by Gasteiger charge is 2.16. The van der Waals surface area contributed by atoms with Crippen LogP contribution in [0.4, 0.5) is 11.6 Å². The molecule has 0 aliphatic carbocycles. The van der Waals surface area contributed by atoms with Gasteiger partial charge in [0.25, 0.3) is 0 Å². The molecule has 1 aromatic heterocycles. The number of methoxy groups -OCH3 is 1. The summed E-state index contributed by atoms with van der Waals surface area (Å²) in [7, 11) is 1.70. The molecule has 2 aromatic rings. The normalized spacial score (nSPS) is 12.1. The first-order chi connectivity index (χ1) is 10.2. The molecule has 21 heavy (non-hydrogen) atoms. The number of likely N-dealkylation sites (N-methyl/N-ethyl adjacent to an activating group) is 1. The smallest absolute Gasteiger partial charge is 0.163 e. The van der Waals surface area contributed by atoms with E-state index in [1.807, 2.05) is 36.4 Å². The summed E-state index contributed by atoms with van der Waals surface area (Å²) in [6.07, 6.45) is 0. The van der Waals surface area contributed by atoms with Crippen LogP contribution in [-0.2, 0) is 4.74 Å². The Morgan fingerprint density at radius 2 is 1.95 bits per heavy atom. The molecule has 0 radical (unpaired) electrons. The third kappa shape index (κ3) is 3.70. The summed E-state index contributed by atoms with van der Waals surface area (Å²) >= 11 is 0. The molecule has 2 N–H and O–H groups in total. The fraction of sp³-hybridized carbons (Fsp3) is 0.375. The summed E-state index contributed by atoms with van der Waals surface area (Å²) in [6.45, 7) is 5.66. The lowest BCUT2D eigenvalue weighted by Crippen LogP contribution is -2.36. The summed E-state index contributed by atoms with van der Waals surface area (Å²) < 4.78 is 5.24. The Hall–Kier alpha value is -2.14. The highest BCUT2D eigenvalue weighted by atomic mass is 16.5. The van der Waals surface area contributed by atoms with Gasteiger partial charge in [-0.05, 0) is 13.8 Å². The van der Waals surface area contributed by atoms with E-state index in [9.17, 15) is 0 Å². The van der Waals surface area contributed by atoms with Crippen LogP contribution in [-0.4, -0.2) is 36.3 Å². The molecule has 0 aliphatic heterocycles. The molecule has 2 rings (SSSR count). The number of nitrogens with zero attached hydrogens (tertiary/aromatic N) is 3. The molecular weight excluding hydrogens is 264 g/mol. The summed E-state index contributed by atoms with van der Waals surface area (Å²) in [6, 6.07) is 11.9. The maximum Gasteiger partial charge on any atom is 0.163 e. The minimum absolute atomic E-state index is 0.220. The molecular formula is C16H22N4O. The lowest BCUT2D eigenvalue weighted by Gasteiger charge is -2.29. The van der Waals surface area contributed by atoms with Crippen LogP contribution >= 0.6 is 0 Å². The van der Waals surface area contributed by atoms with Crippen molar-refractivity contribution in [1.82, 2.24) is 9.97 Å². The lowest BCUT2D eigenvalue weighted by atomic mass is 10.2. The average Bonchev–Trinajstić information content (AvgIpc) is 2.48. The second-order valence-corrected chi connectivity index (χ2v) is 4.93. The van der Waals surface area contributed by atoms with Crippen LogP contribution in [0.25, 0.3) is 11.4 Å². The fourth-order valence-corrected chi connectivity index (χ4v) is 2.35. The second kappa shape index (κ2) is 7.04. The molecule has 1 aromatic carbocycles.